The molecule has 2 rings (SSSR count). The van der Waals surface area contributed by atoms with Crippen LogP contribution in [-0.2, 0) is 0 Å². The van der Waals surface area contributed by atoms with E-state index in [-0.39, 0.29) is 5.78 Å². The minimum Gasteiger partial charge on any atom is -0.289 e. The van der Waals surface area contributed by atoms with Crippen molar-refractivity contribution >= 4 is 29.0 Å². The second kappa shape index (κ2) is 5.13. The molecule has 2 aromatic rings. The van der Waals surface area contributed by atoms with Crippen LogP contribution in [0.3, 0.4) is 0 Å². The predicted octanol–water partition coefficient (Wildman–Crippen LogP) is 4.84. The van der Waals surface area contributed by atoms with Crippen molar-refractivity contribution in [1.82, 2.24) is 0 Å². The lowest BCUT2D eigenvalue weighted by Crippen LogP contribution is -2.05. The molecular weight excluding hydrogens is 267 g/mol. The maximum Gasteiger partial charge on any atom is 0.193 e. The molecule has 0 fully saturated rings. The normalized spacial score (nSPS) is 10.4. The van der Waals surface area contributed by atoms with Crippen molar-refractivity contribution in [2.75, 3.05) is 0 Å². The molecule has 0 saturated heterocycles. The van der Waals surface area contributed by atoms with Crippen molar-refractivity contribution in [2.45, 2.75) is 13.8 Å². The number of carbonyl (C=O) groups excluding carboxylic acids is 1. The van der Waals surface area contributed by atoms with E-state index in [0.717, 1.165) is 11.1 Å². The maximum absolute atomic E-state index is 12.4. The van der Waals surface area contributed by atoms with Crippen LogP contribution in [-0.4, -0.2) is 5.78 Å². The summed E-state index contributed by atoms with van der Waals surface area (Å²) >= 11 is 11.8. The smallest absolute Gasteiger partial charge is 0.193 e. The van der Waals surface area contributed by atoms with E-state index in [0.29, 0.717) is 21.2 Å². The van der Waals surface area contributed by atoms with Crippen LogP contribution >= 0.6 is 23.2 Å². The molecule has 0 unspecified atom stereocenters. The first-order chi connectivity index (χ1) is 8.49. The van der Waals surface area contributed by atoms with Crippen LogP contribution in [0.1, 0.15) is 27.0 Å². The minimum absolute atomic E-state index is 0.00154. The van der Waals surface area contributed by atoms with Crippen LogP contribution in [0.15, 0.2) is 36.4 Å². The number of hydrogen-bond donors (Lipinski definition) is 0. The van der Waals surface area contributed by atoms with Gasteiger partial charge < -0.3 is 0 Å². The number of hydrogen-bond acceptors (Lipinski definition) is 1. The summed E-state index contributed by atoms with van der Waals surface area (Å²) in [6.07, 6.45) is 0. The van der Waals surface area contributed by atoms with Crippen LogP contribution in [0.2, 0.25) is 10.0 Å². The minimum atomic E-state index is -0.00154. The standard InChI is InChI=1S/C15H12Cl2O/c1-9-7-11(16)3-5-13(9)15(18)14-6-4-12(17)8-10(14)2/h3-8H,1-2H3. The van der Waals surface area contributed by atoms with Gasteiger partial charge in [-0.25, -0.2) is 0 Å². The summed E-state index contributed by atoms with van der Waals surface area (Å²) in [7, 11) is 0. The summed E-state index contributed by atoms with van der Waals surface area (Å²) in [5.74, 6) is -0.00154. The zero-order valence-corrected chi connectivity index (χ0v) is 11.6. The molecular formula is C15H12Cl2O. The van der Waals surface area contributed by atoms with Gasteiger partial charge in [-0.1, -0.05) is 23.2 Å². The largest absolute Gasteiger partial charge is 0.289 e. The average Bonchev–Trinajstić information content (AvgIpc) is 2.28. The lowest BCUT2D eigenvalue weighted by molar-refractivity contribution is 0.103. The molecule has 0 spiro atoms. The average molecular weight is 279 g/mol. The number of aryl methyl sites for hydroxylation is 2. The Morgan fingerprint density at radius 1 is 0.833 bits per heavy atom. The lowest BCUT2D eigenvalue weighted by Gasteiger charge is -2.08. The monoisotopic (exact) mass is 278 g/mol. The first-order valence-electron chi connectivity index (χ1n) is 5.56. The van der Waals surface area contributed by atoms with Gasteiger partial charge in [0.15, 0.2) is 5.78 Å². The number of carbonyl (C=O) groups is 1. The summed E-state index contributed by atoms with van der Waals surface area (Å²) in [6.45, 7) is 3.76. The summed E-state index contributed by atoms with van der Waals surface area (Å²) in [5.41, 5.74) is 3.10. The molecule has 3 heteroatoms. The Balaban J connectivity index is 2.48. The van der Waals surface area contributed by atoms with Gasteiger partial charge in [-0.2, -0.15) is 0 Å². The Morgan fingerprint density at radius 3 is 1.56 bits per heavy atom. The molecule has 0 aliphatic carbocycles. The second-order valence-corrected chi connectivity index (χ2v) is 5.12. The predicted molar refractivity (Wildman–Crippen MR) is 75.8 cm³/mol. The molecule has 0 aromatic heterocycles. The molecule has 0 atom stereocenters. The van der Waals surface area contributed by atoms with Gasteiger partial charge in [0.2, 0.25) is 0 Å². The highest BCUT2D eigenvalue weighted by molar-refractivity contribution is 6.31. The van der Waals surface area contributed by atoms with Crippen LogP contribution in [0.25, 0.3) is 0 Å². The Morgan fingerprint density at radius 2 is 1.22 bits per heavy atom. The molecule has 0 aliphatic heterocycles. The topological polar surface area (TPSA) is 17.1 Å². The molecule has 0 bridgehead atoms. The highest BCUT2D eigenvalue weighted by atomic mass is 35.5. The van der Waals surface area contributed by atoms with E-state index >= 15 is 0 Å². The van der Waals surface area contributed by atoms with Crippen molar-refractivity contribution in [3.63, 3.8) is 0 Å². The van der Waals surface area contributed by atoms with Crippen molar-refractivity contribution < 1.29 is 4.79 Å². The summed E-state index contributed by atoms with van der Waals surface area (Å²) in [6, 6.07) is 10.6. The van der Waals surface area contributed by atoms with Gasteiger partial charge in [0.25, 0.3) is 0 Å². The Bertz CT molecular complexity index is 564. The fourth-order valence-corrected chi connectivity index (χ4v) is 2.36. The molecule has 0 radical (unpaired) electrons. The van der Waals surface area contributed by atoms with E-state index < -0.39 is 0 Å². The second-order valence-electron chi connectivity index (χ2n) is 4.25. The highest BCUT2D eigenvalue weighted by Gasteiger charge is 2.14. The third-order valence-corrected chi connectivity index (χ3v) is 3.34. The van der Waals surface area contributed by atoms with Crippen molar-refractivity contribution in [2.24, 2.45) is 0 Å². The number of benzene rings is 2. The van der Waals surface area contributed by atoms with E-state index in [1.807, 2.05) is 13.8 Å². The molecule has 0 N–H and O–H groups in total. The number of halogens is 2. The molecule has 2 aromatic carbocycles. The van der Waals surface area contributed by atoms with Gasteiger partial charge in [0, 0.05) is 21.2 Å². The number of ketones is 1. The van der Waals surface area contributed by atoms with E-state index in [1.165, 1.54) is 0 Å². The van der Waals surface area contributed by atoms with Gasteiger partial charge in [0.1, 0.15) is 0 Å². The van der Waals surface area contributed by atoms with Crippen LogP contribution in [0.4, 0.5) is 0 Å². The summed E-state index contributed by atoms with van der Waals surface area (Å²) in [4.78, 5) is 12.4. The van der Waals surface area contributed by atoms with Crippen LogP contribution < -0.4 is 0 Å². The highest BCUT2D eigenvalue weighted by Crippen LogP contribution is 2.22. The van der Waals surface area contributed by atoms with Gasteiger partial charge in [-0.05, 0) is 61.4 Å². The van der Waals surface area contributed by atoms with Crippen molar-refractivity contribution in [1.29, 1.82) is 0 Å². The molecule has 0 heterocycles. The van der Waals surface area contributed by atoms with Crippen molar-refractivity contribution in [3.8, 4) is 0 Å². The van der Waals surface area contributed by atoms with E-state index in [1.54, 1.807) is 36.4 Å². The van der Waals surface area contributed by atoms with E-state index in [2.05, 4.69) is 0 Å². The fraction of sp³-hybridized carbons (Fsp3) is 0.133. The van der Waals surface area contributed by atoms with E-state index in [4.69, 9.17) is 23.2 Å². The Labute approximate surface area is 116 Å². The van der Waals surface area contributed by atoms with Gasteiger partial charge in [-0.15, -0.1) is 0 Å². The zero-order valence-electron chi connectivity index (χ0n) is 10.1. The van der Waals surface area contributed by atoms with Crippen LogP contribution in [0.5, 0.6) is 0 Å². The van der Waals surface area contributed by atoms with E-state index in [9.17, 15) is 4.79 Å². The quantitative estimate of drug-likeness (QED) is 0.719. The van der Waals surface area contributed by atoms with Gasteiger partial charge in [0.05, 0.1) is 0 Å². The summed E-state index contributed by atoms with van der Waals surface area (Å²) in [5, 5.41) is 1.27. The molecule has 0 aliphatic rings. The van der Waals surface area contributed by atoms with Gasteiger partial charge >= 0.3 is 0 Å². The Hall–Kier alpha value is -1.31. The summed E-state index contributed by atoms with van der Waals surface area (Å²) < 4.78 is 0. The molecule has 1 nitrogen and oxygen atoms in total. The Kier molecular flexibility index (Phi) is 3.74. The first-order valence-corrected chi connectivity index (χ1v) is 6.31. The molecule has 18 heavy (non-hydrogen) atoms. The fourth-order valence-electron chi connectivity index (χ4n) is 1.91. The molecule has 0 amide bonds. The zero-order chi connectivity index (χ0) is 13.3. The maximum atomic E-state index is 12.4. The molecule has 0 saturated carbocycles. The SMILES string of the molecule is Cc1cc(Cl)ccc1C(=O)c1ccc(Cl)cc1C. The lowest BCUT2D eigenvalue weighted by atomic mass is 9.96. The van der Waals surface area contributed by atoms with Crippen molar-refractivity contribution in [3.05, 3.63) is 68.7 Å². The number of rotatable bonds is 2. The first kappa shape index (κ1) is 13.1. The molecule has 92 valence electrons. The third-order valence-electron chi connectivity index (χ3n) is 2.87. The van der Waals surface area contributed by atoms with Crippen LogP contribution in [0, 0.1) is 13.8 Å². The van der Waals surface area contributed by atoms with Gasteiger partial charge in [-0.3, -0.25) is 4.79 Å². The third kappa shape index (κ3) is 2.58.